The Labute approximate surface area is 114 Å². The molecule has 0 aromatic heterocycles. The lowest BCUT2D eigenvalue weighted by Crippen LogP contribution is -2.37. The Morgan fingerprint density at radius 2 is 2.05 bits per heavy atom. The Morgan fingerprint density at radius 3 is 2.53 bits per heavy atom. The van der Waals surface area contributed by atoms with Crippen LogP contribution in [-0.4, -0.2) is 19.6 Å². The van der Waals surface area contributed by atoms with Crippen molar-refractivity contribution in [3.8, 4) is 5.75 Å². The first-order valence-corrected chi connectivity index (χ1v) is 6.39. The van der Waals surface area contributed by atoms with E-state index in [0.717, 1.165) is 0 Å². The van der Waals surface area contributed by atoms with E-state index in [-0.39, 0.29) is 11.0 Å². The Hall–Kier alpha value is -1.58. The fraction of sp³-hybridized carbons (Fsp3) is 0.533. The number of amides is 1. The molecule has 1 amide bonds. The van der Waals surface area contributed by atoms with Crippen LogP contribution in [0.5, 0.6) is 5.75 Å². The summed E-state index contributed by atoms with van der Waals surface area (Å²) >= 11 is 0. The Balaban J connectivity index is 2.74. The van der Waals surface area contributed by atoms with Gasteiger partial charge in [-0.2, -0.15) is 0 Å². The minimum absolute atomic E-state index is 0.0292. The van der Waals surface area contributed by atoms with Crippen LogP contribution in [0.2, 0.25) is 0 Å². The van der Waals surface area contributed by atoms with Crippen molar-refractivity contribution in [2.75, 3.05) is 13.7 Å². The van der Waals surface area contributed by atoms with E-state index >= 15 is 0 Å². The van der Waals surface area contributed by atoms with E-state index in [2.05, 4.69) is 33.0 Å². The molecule has 0 unspecified atom stereocenters. The van der Waals surface area contributed by atoms with Crippen molar-refractivity contribution < 1.29 is 13.9 Å². The Kier molecular flexibility index (Phi) is 4.92. The van der Waals surface area contributed by atoms with Crippen LogP contribution in [0.15, 0.2) is 18.2 Å². The summed E-state index contributed by atoms with van der Waals surface area (Å²) < 4.78 is 18.6. The zero-order valence-corrected chi connectivity index (χ0v) is 12.2. The number of nitrogens with one attached hydrogen (secondary N) is 1. The first-order valence-electron chi connectivity index (χ1n) is 6.39. The summed E-state index contributed by atoms with van der Waals surface area (Å²) in [5.41, 5.74) is 0.0128. The van der Waals surface area contributed by atoms with Crippen LogP contribution >= 0.6 is 0 Å². The minimum atomic E-state index is -0.570. The van der Waals surface area contributed by atoms with Crippen molar-refractivity contribution in [3.05, 3.63) is 29.6 Å². The fourth-order valence-corrected chi connectivity index (χ4v) is 1.41. The lowest BCUT2D eigenvalue weighted by molar-refractivity contribution is 0.0920. The van der Waals surface area contributed by atoms with Gasteiger partial charge < -0.3 is 10.1 Å². The molecule has 1 rings (SSSR count). The SMILES string of the molecule is COc1ccc(C(=O)NCC(C)(C)C(C)C)c(F)c1. The van der Waals surface area contributed by atoms with Gasteiger partial charge in [0.05, 0.1) is 12.7 Å². The topological polar surface area (TPSA) is 38.3 Å². The second-order valence-corrected chi connectivity index (χ2v) is 5.67. The number of carbonyl (C=O) groups is 1. The molecular formula is C15H22FNO2. The van der Waals surface area contributed by atoms with Gasteiger partial charge in [0.2, 0.25) is 0 Å². The first kappa shape index (κ1) is 15.5. The van der Waals surface area contributed by atoms with Gasteiger partial charge in [0.25, 0.3) is 5.91 Å². The zero-order chi connectivity index (χ0) is 14.6. The van der Waals surface area contributed by atoms with Crippen LogP contribution < -0.4 is 10.1 Å². The molecule has 3 nitrogen and oxygen atoms in total. The third-order valence-corrected chi connectivity index (χ3v) is 3.69. The van der Waals surface area contributed by atoms with Gasteiger partial charge >= 0.3 is 0 Å². The average molecular weight is 267 g/mol. The Morgan fingerprint density at radius 1 is 1.42 bits per heavy atom. The monoisotopic (exact) mass is 267 g/mol. The zero-order valence-electron chi connectivity index (χ0n) is 12.2. The molecule has 0 aliphatic rings. The molecular weight excluding hydrogens is 245 g/mol. The van der Waals surface area contributed by atoms with Gasteiger partial charge in [-0.3, -0.25) is 4.79 Å². The number of rotatable bonds is 5. The van der Waals surface area contributed by atoms with Gasteiger partial charge in [0, 0.05) is 12.6 Å². The van der Waals surface area contributed by atoms with Gasteiger partial charge in [-0.05, 0) is 23.5 Å². The number of ether oxygens (including phenoxy) is 1. The van der Waals surface area contributed by atoms with Crippen LogP contribution in [0.25, 0.3) is 0 Å². The largest absolute Gasteiger partial charge is 0.497 e. The summed E-state index contributed by atoms with van der Waals surface area (Å²) in [6, 6.07) is 4.22. The quantitative estimate of drug-likeness (QED) is 0.889. The van der Waals surface area contributed by atoms with Crippen LogP contribution in [0, 0.1) is 17.2 Å². The van der Waals surface area contributed by atoms with Crippen molar-refractivity contribution >= 4 is 5.91 Å². The van der Waals surface area contributed by atoms with Crippen molar-refractivity contribution in [2.24, 2.45) is 11.3 Å². The van der Waals surface area contributed by atoms with Crippen molar-refractivity contribution in [3.63, 3.8) is 0 Å². The molecule has 1 N–H and O–H groups in total. The summed E-state index contributed by atoms with van der Waals surface area (Å²) in [5.74, 6) is -0.141. The summed E-state index contributed by atoms with van der Waals surface area (Å²) in [4.78, 5) is 11.9. The summed E-state index contributed by atoms with van der Waals surface area (Å²) in [5, 5.41) is 2.78. The molecule has 1 aromatic carbocycles. The molecule has 0 aliphatic carbocycles. The summed E-state index contributed by atoms with van der Waals surface area (Å²) in [6.45, 7) is 8.85. The van der Waals surface area contributed by atoms with E-state index < -0.39 is 11.7 Å². The molecule has 0 heterocycles. The van der Waals surface area contributed by atoms with Gasteiger partial charge in [-0.15, -0.1) is 0 Å². The molecule has 0 bridgehead atoms. The van der Waals surface area contributed by atoms with Gasteiger partial charge in [-0.1, -0.05) is 27.7 Å². The van der Waals surface area contributed by atoms with Crippen molar-refractivity contribution in [1.82, 2.24) is 5.32 Å². The van der Waals surface area contributed by atoms with Crippen molar-refractivity contribution in [1.29, 1.82) is 0 Å². The maximum atomic E-state index is 13.7. The predicted molar refractivity (Wildman–Crippen MR) is 73.9 cm³/mol. The van der Waals surface area contributed by atoms with Crippen LogP contribution in [-0.2, 0) is 0 Å². The molecule has 1 aromatic rings. The molecule has 19 heavy (non-hydrogen) atoms. The lowest BCUT2D eigenvalue weighted by atomic mass is 9.81. The number of hydrogen-bond donors (Lipinski definition) is 1. The van der Waals surface area contributed by atoms with Gasteiger partial charge in [-0.25, -0.2) is 4.39 Å². The second-order valence-electron chi connectivity index (χ2n) is 5.67. The number of benzene rings is 1. The third kappa shape index (κ3) is 3.94. The number of hydrogen-bond acceptors (Lipinski definition) is 2. The van der Waals surface area contributed by atoms with Gasteiger partial charge in [0.15, 0.2) is 0 Å². The molecule has 0 fully saturated rings. The molecule has 106 valence electrons. The fourth-order valence-electron chi connectivity index (χ4n) is 1.41. The van der Waals surface area contributed by atoms with Crippen LogP contribution in [0.1, 0.15) is 38.1 Å². The molecule has 4 heteroatoms. The van der Waals surface area contributed by atoms with E-state index in [9.17, 15) is 9.18 Å². The highest BCUT2D eigenvalue weighted by Gasteiger charge is 2.23. The van der Waals surface area contributed by atoms with Gasteiger partial charge in [0.1, 0.15) is 11.6 Å². The first-order chi connectivity index (χ1) is 8.77. The maximum absolute atomic E-state index is 13.7. The highest BCUT2D eigenvalue weighted by molar-refractivity contribution is 5.94. The predicted octanol–water partition coefficient (Wildman–Crippen LogP) is 3.25. The van der Waals surface area contributed by atoms with E-state index in [1.807, 2.05) is 0 Å². The normalized spacial score (nSPS) is 11.5. The lowest BCUT2D eigenvalue weighted by Gasteiger charge is -2.29. The van der Waals surface area contributed by atoms with E-state index in [1.54, 1.807) is 6.07 Å². The average Bonchev–Trinajstić information content (AvgIpc) is 2.35. The highest BCUT2D eigenvalue weighted by Crippen LogP contribution is 2.25. The summed E-state index contributed by atoms with van der Waals surface area (Å²) in [6.07, 6.45) is 0. The standard InChI is InChI=1S/C15H22FNO2/c1-10(2)15(3,4)9-17-14(18)12-7-6-11(19-5)8-13(12)16/h6-8,10H,9H2,1-5H3,(H,17,18). The second kappa shape index (κ2) is 6.04. The third-order valence-electron chi connectivity index (χ3n) is 3.69. The highest BCUT2D eigenvalue weighted by atomic mass is 19.1. The number of carbonyl (C=O) groups excluding carboxylic acids is 1. The molecule has 0 spiro atoms. The molecule has 0 aliphatic heterocycles. The van der Waals surface area contributed by atoms with E-state index in [0.29, 0.717) is 18.2 Å². The molecule has 0 atom stereocenters. The van der Waals surface area contributed by atoms with Crippen molar-refractivity contribution in [2.45, 2.75) is 27.7 Å². The number of halogens is 1. The summed E-state index contributed by atoms with van der Waals surface area (Å²) in [7, 11) is 1.46. The molecule has 0 saturated heterocycles. The molecule has 0 radical (unpaired) electrons. The minimum Gasteiger partial charge on any atom is -0.497 e. The van der Waals surface area contributed by atoms with Crippen LogP contribution in [0.3, 0.4) is 0 Å². The number of methoxy groups -OCH3 is 1. The Bertz CT molecular complexity index is 455. The van der Waals surface area contributed by atoms with Crippen LogP contribution in [0.4, 0.5) is 4.39 Å². The van der Waals surface area contributed by atoms with E-state index in [4.69, 9.17) is 4.74 Å². The smallest absolute Gasteiger partial charge is 0.254 e. The molecule has 0 saturated carbocycles. The maximum Gasteiger partial charge on any atom is 0.254 e. The van der Waals surface area contributed by atoms with E-state index in [1.165, 1.54) is 19.2 Å².